The second-order valence-corrected chi connectivity index (χ2v) is 2.78. The molecule has 68 valence electrons. The molecule has 0 saturated carbocycles. The minimum atomic E-state index is -0.848. The Hall–Kier alpha value is -1.37. The molecule has 0 aromatic heterocycles. The van der Waals surface area contributed by atoms with Gasteiger partial charge in [-0.25, -0.2) is 0 Å². The van der Waals surface area contributed by atoms with Gasteiger partial charge in [0.05, 0.1) is 19.1 Å². The smallest absolute Gasteiger partial charge is 0.102 e. The van der Waals surface area contributed by atoms with Crippen molar-refractivity contribution in [2.75, 3.05) is 6.61 Å². The van der Waals surface area contributed by atoms with Gasteiger partial charge in [0.2, 0.25) is 0 Å². The van der Waals surface area contributed by atoms with E-state index in [-0.39, 0.29) is 6.61 Å². The zero-order valence-corrected chi connectivity index (χ0v) is 7.14. The molecule has 0 aliphatic heterocycles. The Bertz CT molecular complexity index is 317. The number of aliphatic hydroxyl groups is 2. The molecule has 0 bridgehead atoms. The maximum atomic E-state index is 9.29. The Morgan fingerprint density at radius 2 is 2.23 bits per heavy atom. The molecule has 0 aliphatic carbocycles. The van der Waals surface area contributed by atoms with Gasteiger partial charge in [-0.15, -0.1) is 0 Å². The summed E-state index contributed by atoms with van der Waals surface area (Å²) < 4.78 is 0. The Morgan fingerprint density at radius 3 is 2.85 bits per heavy atom. The molecule has 0 fully saturated rings. The third-order valence-corrected chi connectivity index (χ3v) is 1.79. The number of nitrogens with zero attached hydrogens (tertiary/aromatic N) is 1. The lowest BCUT2D eigenvalue weighted by molar-refractivity contribution is 0.0956. The van der Waals surface area contributed by atoms with Gasteiger partial charge in [0.1, 0.15) is 6.10 Å². The standard InChI is InChI=1S/C10H11NO2/c11-5-4-8-2-1-3-9(6-8)10(13)7-12/h1-3,6,10,12-13H,4,7H2. The normalized spacial score (nSPS) is 12.1. The monoisotopic (exact) mass is 177 g/mol. The largest absolute Gasteiger partial charge is 0.393 e. The van der Waals surface area contributed by atoms with Gasteiger partial charge in [-0.05, 0) is 11.1 Å². The lowest BCUT2D eigenvalue weighted by Gasteiger charge is -2.07. The van der Waals surface area contributed by atoms with Crippen molar-refractivity contribution in [2.24, 2.45) is 0 Å². The number of aliphatic hydroxyl groups excluding tert-OH is 2. The third kappa shape index (κ3) is 2.55. The summed E-state index contributed by atoms with van der Waals surface area (Å²) in [6, 6.07) is 9.06. The summed E-state index contributed by atoms with van der Waals surface area (Å²) in [6.45, 7) is -0.296. The molecule has 3 nitrogen and oxygen atoms in total. The zero-order valence-electron chi connectivity index (χ0n) is 7.14. The highest BCUT2D eigenvalue weighted by atomic mass is 16.3. The third-order valence-electron chi connectivity index (χ3n) is 1.79. The summed E-state index contributed by atoms with van der Waals surface area (Å²) in [4.78, 5) is 0. The van der Waals surface area contributed by atoms with Crippen LogP contribution in [0, 0.1) is 11.3 Å². The quantitative estimate of drug-likeness (QED) is 0.717. The minimum absolute atomic E-state index is 0.296. The van der Waals surface area contributed by atoms with E-state index in [9.17, 15) is 5.11 Å². The van der Waals surface area contributed by atoms with Crippen molar-refractivity contribution in [3.63, 3.8) is 0 Å². The van der Waals surface area contributed by atoms with Crippen molar-refractivity contribution in [3.8, 4) is 6.07 Å². The summed E-state index contributed by atoms with van der Waals surface area (Å²) >= 11 is 0. The maximum absolute atomic E-state index is 9.29. The molecule has 1 unspecified atom stereocenters. The Kier molecular flexibility index (Phi) is 3.44. The zero-order chi connectivity index (χ0) is 9.68. The highest BCUT2D eigenvalue weighted by Gasteiger charge is 2.05. The van der Waals surface area contributed by atoms with E-state index in [1.165, 1.54) is 0 Å². The van der Waals surface area contributed by atoms with Crippen LogP contribution in [0.5, 0.6) is 0 Å². The summed E-state index contributed by atoms with van der Waals surface area (Å²) in [7, 11) is 0. The molecule has 2 N–H and O–H groups in total. The fourth-order valence-corrected chi connectivity index (χ4v) is 1.11. The van der Waals surface area contributed by atoms with Crippen molar-refractivity contribution in [1.29, 1.82) is 5.26 Å². The highest BCUT2D eigenvalue weighted by molar-refractivity contribution is 5.26. The van der Waals surface area contributed by atoms with Gasteiger partial charge in [0, 0.05) is 0 Å². The number of nitriles is 1. The van der Waals surface area contributed by atoms with E-state index in [1.807, 2.05) is 12.1 Å². The Balaban J connectivity index is 2.86. The molecule has 13 heavy (non-hydrogen) atoms. The Morgan fingerprint density at radius 1 is 1.46 bits per heavy atom. The van der Waals surface area contributed by atoms with E-state index in [4.69, 9.17) is 10.4 Å². The van der Waals surface area contributed by atoms with Crippen molar-refractivity contribution < 1.29 is 10.2 Å². The predicted molar refractivity (Wildman–Crippen MR) is 47.8 cm³/mol. The molecule has 1 atom stereocenters. The summed E-state index contributed by atoms with van der Waals surface area (Å²) in [5.41, 5.74) is 1.50. The van der Waals surface area contributed by atoms with Crippen LogP contribution in [0.1, 0.15) is 17.2 Å². The first-order valence-electron chi connectivity index (χ1n) is 4.02. The molecule has 0 radical (unpaired) electrons. The molecule has 0 amide bonds. The molecule has 0 saturated heterocycles. The maximum Gasteiger partial charge on any atom is 0.102 e. The summed E-state index contributed by atoms with van der Waals surface area (Å²) in [5, 5.41) is 26.4. The molecule has 3 heteroatoms. The van der Waals surface area contributed by atoms with E-state index < -0.39 is 6.10 Å². The fourth-order valence-electron chi connectivity index (χ4n) is 1.11. The van der Waals surface area contributed by atoms with Gasteiger partial charge in [-0.3, -0.25) is 0 Å². The first kappa shape index (κ1) is 9.72. The second-order valence-electron chi connectivity index (χ2n) is 2.78. The van der Waals surface area contributed by atoms with Crippen molar-refractivity contribution in [2.45, 2.75) is 12.5 Å². The first-order chi connectivity index (χ1) is 6.27. The van der Waals surface area contributed by atoms with E-state index >= 15 is 0 Å². The van der Waals surface area contributed by atoms with Crippen LogP contribution in [0.4, 0.5) is 0 Å². The fraction of sp³-hybridized carbons (Fsp3) is 0.300. The van der Waals surface area contributed by atoms with Crippen LogP contribution in [0.15, 0.2) is 24.3 Å². The molecule has 1 rings (SSSR count). The lowest BCUT2D eigenvalue weighted by atomic mass is 10.1. The number of rotatable bonds is 3. The van der Waals surface area contributed by atoms with Crippen LogP contribution in [-0.2, 0) is 6.42 Å². The van der Waals surface area contributed by atoms with Gasteiger partial charge < -0.3 is 10.2 Å². The first-order valence-corrected chi connectivity index (χ1v) is 4.02. The SMILES string of the molecule is N#CCc1cccc(C(O)CO)c1. The number of hydrogen-bond acceptors (Lipinski definition) is 3. The molecule has 1 aromatic carbocycles. The van der Waals surface area contributed by atoms with Gasteiger partial charge in [-0.1, -0.05) is 24.3 Å². The number of hydrogen-bond donors (Lipinski definition) is 2. The molecule has 0 aliphatic rings. The van der Waals surface area contributed by atoms with Crippen LogP contribution in [0.25, 0.3) is 0 Å². The van der Waals surface area contributed by atoms with E-state index in [0.717, 1.165) is 5.56 Å². The van der Waals surface area contributed by atoms with Crippen LogP contribution in [0.3, 0.4) is 0 Å². The predicted octanol–water partition coefficient (Wildman–Crippen LogP) is 0.778. The van der Waals surface area contributed by atoms with Gasteiger partial charge in [-0.2, -0.15) is 5.26 Å². The lowest BCUT2D eigenvalue weighted by Crippen LogP contribution is -2.02. The van der Waals surface area contributed by atoms with Crippen molar-refractivity contribution in [1.82, 2.24) is 0 Å². The van der Waals surface area contributed by atoms with Crippen molar-refractivity contribution in [3.05, 3.63) is 35.4 Å². The van der Waals surface area contributed by atoms with E-state index in [0.29, 0.717) is 12.0 Å². The summed E-state index contributed by atoms with van der Waals surface area (Å²) in [5.74, 6) is 0. The second kappa shape index (κ2) is 4.61. The van der Waals surface area contributed by atoms with Crippen LogP contribution in [0.2, 0.25) is 0 Å². The molecule has 0 heterocycles. The van der Waals surface area contributed by atoms with Gasteiger partial charge in [0.25, 0.3) is 0 Å². The molecule has 0 spiro atoms. The molecule has 1 aromatic rings. The average Bonchev–Trinajstić information content (AvgIpc) is 2.18. The molecular formula is C10H11NO2. The Labute approximate surface area is 76.9 Å². The van der Waals surface area contributed by atoms with Crippen LogP contribution >= 0.6 is 0 Å². The van der Waals surface area contributed by atoms with E-state index in [1.54, 1.807) is 18.2 Å². The van der Waals surface area contributed by atoms with Gasteiger partial charge >= 0.3 is 0 Å². The molecular weight excluding hydrogens is 166 g/mol. The topological polar surface area (TPSA) is 64.2 Å². The number of benzene rings is 1. The van der Waals surface area contributed by atoms with Crippen molar-refractivity contribution >= 4 is 0 Å². The van der Waals surface area contributed by atoms with Crippen LogP contribution < -0.4 is 0 Å². The highest BCUT2D eigenvalue weighted by Crippen LogP contribution is 2.13. The van der Waals surface area contributed by atoms with Gasteiger partial charge in [0.15, 0.2) is 0 Å². The average molecular weight is 177 g/mol. The minimum Gasteiger partial charge on any atom is -0.393 e. The van der Waals surface area contributed by atoms with Crippen LogP contribution in [-0.4, -0.2) is 16.8 Å². The van der Waals surface area contributed by atoms with E-state index in [2.05, 4.69) is 0 Å². The summed E-state index contributed by atoms with van der Waals surface area (Å²) in [6.07, 6.45) is -0.523.